The van der Waals surface area contributed by atoms with E-state index in [1.807, 2.05) is 30.3 Å². The molecule has 0 spiro atoms. The van der Waals surface area contributed by atoms with Gasteiger partial charge in [0.15, 0.2) is 0 Å². The van der Waals surface area contributed by atoms with Crippen LogP contribution in [0.25, 0.3) is 11.1 Å². The molecule has 2 N–H and O–H groups in total. The van der Waals surface area contributed by atoms with Crippen LogP contribution in [0.5, 0.6) is 17.2 Å². The van der Waals surface area contributed by atoms with Crippen molar-refractivity contribution in [1.29, 1.82) is 0 Å². The molecule has 5 heteroatoms. The Labute approximate surface area is 133 Å². The molecule has 1 atom stereocenters. The van der Waals surface area contributed by atoms with Crippen LogP contribution in [0.2, 0.25) is 0 Å². The van der Waals surface area contributed by atoms with E-state index in [-0.39, 0.29) is 16.8 Å². The van der Waals surface area contributed by atoms with Gasteiger partial charge in [-0.1, -0.05) is 36.4 Å². The Bertz CT molecular complexity index is 965. The van der Waals surface area contributed by atoms with Crippen LogP contribution in [0.1, 0.15) is 0 Å². The first-order chi connectivity index (χ1) is 11.1. The standard InChI is InChI=1S/C18H13O4P/c19-12-9-10-18(15(20)11-12)23(21)17-8-4-2-6-14(17)13-5-1-3-7-16(13)22-23/h1-11,19-20H. The quantitative estimate of drug-likeness (QED) is 0.673. The number of rotatable bonds is 1. The highest BCUT2D eigenvalue weighted by Crippen LogP contribution is 2.55. The number of hydrogen-bond donors (Lipinski definition) is 2. The first-order valence-electron chi connectivity index (χ1n) is 7.11. The topological polar surface area (TPSA) is 66.8 Å². The van der Waals surface area contributed by atoms with Crippen LogP contribution in [-0.2, 0) is 4.57 Å². The molecule has 0 amide bonds. The average molecular weight is 324 g/mol. The fourth-order valence-electron chi connectivity index (χ4n) is 2.85. The normalized spacial score (nSPS) is 18.6. The molecule has 1 aliphatic heterocycles. The predicted molar refractivity (Wildman–Crippen MR) is 89.2 cm³/mol. The second kappa shape index (κ2) is 4.90. The summed E-state index contributed by atoms with van der Waals surface area (Å²) in [6.07, 6.45) is 0. The monoisotopic (exact) mass is 324 g/mol. The van der Waals surface area contributed by atoms with E-state index in [1.54, 1.807) is 18.2 Å². The Morgan fingerprint density at radius 2 is 1.48 bits per heavy atom. The van der Waals surface area contributed by atoms with Crippen LogP contribution < -0.4 is 15.1 Å². The van der Waals surface area contributed by atoms with Gasteiger partial charge in [-0.05, 0) is 29.8 Å². The Morgan fingerprint density at radius 1 is 0.783 bits per heavy atom. The second-order valence-electron chi connectivity index (χ2n) is 5.33. The fraction of sp³-hybridized carbons (Fsp3) is 0. The van der Waals surface area contributed by atoms with Crippen molar-refractivity contribution < 1.29 is 19.3 Å². The number of benzene rings is 3. The molecule has 1 unspecified atom stereocenters. The van der Waals surface area contributed by atoms with Crippen LogP contribution in [0.15, 0.2) is 66.7 Å². The number of para-hydroxylation sites is 1. The number of fused-ring (bicyclic) bond motifs is 3. The van der Waals surface area contributed by atoms with Gasteiger partial charge in [-0.2, -0.15) is 0 Å². The lowest BCUT2D eigenvalue weighted by atomic mass is 10.0. The fourth-order valence-corrected chi connectivity index (χ4v) is 5.18. The summed E-state index contributed by atoms with van der Waals surface area (Å²) >= 11 is 0. The van der Waals surface area contributed by atoms with Gasteiger partial charge in [0.2, 0.25) is 0 Å². The van der Waals surface area contributed by atoms with E-state index < -0.39 is 7.37 Å². The molecule has 0 bridgehead atoms. The molecule has 0 saturated heterocycles. The minimum atomic E-state index is -3.51. The van der Waals surface area contributed by atoms with Crippen LogP contribution in [0, 0.1) is 0 Å². The third-order valence-electron chi connectivity index (χ3n) is 3.90. The lowest BCUT2D eigenvalue weighted by molar-refractivity contribution is 0.451. The van der Waals surface area contributed by atoms with Crippen LogP contribution in [-0.4, -0.2) is 10.2 Å². The van der Waals surface area contributed by atoms with Crippen LogP contribution in [0.4, 0.5) is 0 Å². The Balaban J connectivity index is 2.03. The molecule has 114 valence electrons. The maximum absolute atomic E-state index is 13.7. The van der Waals surface area contributed by atoms with Crippen molar-refractivity contribution in [2.24, 2.45) is 0 Å². The Kier molecular flexibility index (Phi) is 2.97. The van der Waals surface area contributed by atoms with Gasteiger partial charge in [0.25, 0.3) is 0 Å². The molecule has 0 aromatic heterocycles. The molecular weight excluding hydrogens is 311 g/mol. The van der Waals surface area contributed by atoms with Crippen molar-refractivity contribution in [2.45, 2.75) is 0 Å². The van der Waals surface area contributed by atoms with E-state index >= 15 is 0 Å². The first-order valence-corrected chi connectivity index (χ1v) is 8.73. The van der Waals surface area contributed by atoms with E-state index in [0.717, 1.165) is 11.1 Å². The molecule has 3 aromatic rings. The van der Waals surface area contributed by atoms with Gasteiger partial charge in [0.05, 0.1) is 10.6 Å². The summed E-state index contributed by atoms with van der Waals surface area (Å²) in [5.41, 5.74) is 1.69. The SMILES string of the molecule is O=P1(c2ccc(O)cc2O)Oc2ccccc2-c2ccccc21. The number of phenols is 2. The van der Waals surface area contributed by atoms with Crippen molar-refractivity contribution in [2.75, 3.05) is 0 Å². The molecular formula is C18H13O4P. The van der Waals surface area contributed by atoms with Crippen molar-refractivity contribution in [1.82, 2.24) is 0 Å². The number of hydrogen-bond acceptors (Lipinski definition) is 4. The summed E-state index contributed by atoms with van der Waals surface area (Å²) in [6.45, 7) is 0. The van der Waals surface area contributed by atoms with Crippen molar-refractivity contribution >= 4 is 18.0 Å². The third-order valence-corrected chi connectivity index (χ3v) is 6.39. The number of aromatic hydroxyl groups is 2. The molecule has 1 aliphatic rings. The van der Waals surface area contributed by atoms with Crippen molar-refractivity contribution in [3.63, 3.8) is 0 Å². The summed E-state index contributed by atoms with van der Waals surface area (Å²) in [7, 11) is -3.51. The van der Waals surface area contributed by atoms with Crippen molar-refractivity contribution in [3.05, 3.63) is 66.7 Å². The van der Waals surface area contributed by atoms with E-state index in [1.165, 1.54) is 18.2 Å². The summed E-state index contributed by atoms with van der Waals surface area (Å²) in [5, 5.41) is 20.4. The molecule has 0 saturated carbocycles. The Hall–Kier alpha value is -2.71. The second-order valence-corrected chi connectivity index (χ2v) is 7.58. The first kappa shape index (κ1) is 13.9. The highest BCUT2D eigenvalue weighted by molar-refractivity contribution is 7.75. The average Bonchev–Trinajstić information content (AvgIpc) is 2.55. The zero-order valence-electron chi connectivity index (χ0n) is 12.0. The minimum Gasteiger partial charge on any atom is -0.508 e. The highest BCUT2D eigenvalue weighted by Gasteiger charge is 2.39. The van der Waals surface area contributed by atoms with E-state index in [0.29, 0.717) is 11.1 Å². The molecule has 0 aliphatic carbocycles. The van der Waals surface area contributed by atoms with Gasteiger partial charge >= 0.3 is 7.37 Å². The zero-order valence-corrected chi connectivity index (χ0v) is 12.9. The van der Waals surface area contributed by atoms with Gasteiger partial charge in [-0.3, -0.25) is 4.57 Å². The van der Waals surface area contributed by atoms with Gasteiger partial charge < -0.3 is 14.7 Å². The largest absolute Gasteiger partial charge is 0.508 e. The number of phenolic OH excluding ortho intramolecular Hbond substituents is 2. The molecule has 1 heterocycles. The maximum atomic E-state index is 13.7. The summed E-state index contributed by atoms with van der Waals surface area (Å²) in [4.78, 5) is 0. The summed E-state index contributed by atoms with van der Waals surface area (Å²) < 4.78 is 19.6. The van der Waals surface area contributed by atoms with Crippen LogP contribution >= 0.6 is 7.37 Å². The Morgan fingerprint density at radius 3 is 2.26 bits per heavy atom. The van der Waals surface area contributed by atoms with E-state index in [4.69, 9.17) is 4.52 Å². The zero-order chi connectivity index (χ0) is 16.0. The molecule has 4 rings (SSSR count). The minimum absolute atomic E-state index is 0.0939. The lowest BCUT2D eigenvalue weighted by Crippen LogP contribution is -2.25. The predicted octanol–water partition coefficient (Wildman–Crippen LogP) is 3.39. The van der Waals surface area contributed by atoms with Gasteiger partial charge in [-0.25, -0.2) is 0 Å². The summed E-state index contributed by atoms with van der Waals surface area (Å²) in [6, 6.07) is 18.7. The molecule has 0 radical (unpaired) electrons. The van der Waals surface area contributed by atoms with Crippen LogP contribution in [0.3, 0.4) is 0 Å². The van der Waals surface area contributed by atoms with Gasteiger partial charge in [-0.15, -0.1) is 0 Å². The lowest BCUT2D eigenvalue weighted by Gasteiger charge is -2.29. The van der Waals surface area contributed by atoms with E-state index in [2.05, 4.69) is 0 Å². The summed E-state index contributed by atoms with van der Waals surface area (Å²) in [5.74, 6) is 0.174. The molecule has 3 aromatic carbocycles. The molecule has 23 heavy (non-hydrogen) atoms. The molecule has 0 fully saturated rings. The smallest absolute Gasteiger partial charge is 0.311 e. The maximum Gasteiger partial charge on any atom is 0.311 e. The highest BCUT2D eigenvalue weighted by atomic mass is 31.2. The van der Waals surface area contributed by atoms with E-state index in [9.17, 15) is 14.8 Å². The van der Waals surface area contributed by atoms with Crippen molar-refractivity contribution in [3.8, 4) is 28.4 Å². The van der Waals surface area contributed by atoms with Gasteiger partial charge in [0.1, 0.15) is 17.2 Å². The van der Waals surface area contributed by atoms with Gasteiger partial charge in [0, 0.05) is 11.6 Å². The molecule has 4 nitrogen and oxygen atoms in total. The third kappa shape index (κ3) is 2.03.